The Bertz CT molecular complexity index is 584. The van der Waals surface area contributed by atoms with Crippen LogP contribution in [0.5, 0.6) is 11.5 Å². The van der Waals surface area contributed by atoms with Crippen LogP contribution in [0.25, 0.3) is 0 Å². The summed E-state index contributed by atoms with van der Waals surface area (Å²) in [5, 5.41) is 0. The van der Waals surface area contributed by atoms with Crippen molar-refractivity contribution in [1.29, 1.82) is 0 Å². The molecule has 3 rings (SSSR count). The number of carbonyl (C=O) groups excluding carboxylic acids is 1. The highest BCUT2D eigenvalue weighted by Crippen LogP contribution is 2.42. The zero-order valence-electron chi connectivity index (χ0n) is 14.4. The molecule has 1 fully saturated rings. The minimum Gasteiger partial charge on any atom is -0.493 e. The fourth-order valence-electron chi connectivity index (χ4n) is 3.98. The van der Waals surface area contributed by atoms with E-state index in [1.807, 2.05) is 0 Å². The summed E-state index contributed by atoms with van der Waals surface area (Å²) in [7, 11) is 3.33. The van der Waals surface area contributed by atoms with E-state index in [-0.39, 0.29) is 12.0 Å². The number of rotatable bonds is 5. The van der Waals surface area contributed by atoms with E-state index in [2.05, 4.69) is 24.0 Å². The number of hydrogen-bond acceptors (Lipinski definition) is 4. The highest BCUT2D eigenvalue weighted by Gasteiger charge is 2.38. The monoisotopic (exact) mass is 317 g/mol. The van der Waals surface area contributed by atoms with Gasteiger partial charge in [-0.2, -0.15) is 0 Å². The average Bonchev–Trinajstić information content (AvgIpc) is 2.58. The number of piperidine rings is 1. The third-order valence-electron chi connectivity index (χ3n) is 5.32. The van der Waals surface area contributed by atoms with Gasteiger partial charge in [-0.05, 0) is 36.1 Å². The number of Topliss-reactive ketones (excluding diaryl/α,β-unsaturated/α-hetero) is 1. The molecule has 23 heavy (non-hydrogen) atoms. The molecule has 1 aromatic carbocycles. The van der Waals surface area contributed by atoms with Gasteiger partial charge in [0.05, 0.1) is 14.2 Å². The molecule has 0 aromatic heterocycles. The molecule has 1 saturated heterocycles. The van der Waals surface area contributed by atoms with Crippen LogP contribution >= 0.6 is 0 Å². The van der Waals surface area contributed by atoms with Crippen molar-refractivity contribution in [3.8, 4) is 11.5 Å². The number of ketones is 1. The molecule has 0 N–H and O–H groups in total. The Labute approximate surface area is 138 Å². The van der Waals surface area contributed by atoms with E-state index >= 15 is 0 Å². The van der Waals surface area contributed by atoms with E-state index in [0.717, 1.165) is 50.3 Å². The van der Waals surface area contributed by atoms with Crippen LogP contribution in [0.3, 0.4) is 0 Å². The molecule has 2 aliphatic heterocycles. The molecule has 0 amide bonds. The van der Waals surface area contributed by atoms with E-state index in [0.29, 0.717) is 12.2 Å². The molecule has 0 spiro atoms. The van der Waals surface area contributed by atoms with Crippen molar-refractivity contribution >= 4 is 5.78 Å². The molecule has 0 aliphatic carbocycles. The second-order valence-electron chi connectivity index (χ2n) is 6.68. The summed E-state index contributed by atoms with van der Waals surface area (Å²) in [6, 6.07) is 4.37. The van der Waals surface area contributed by atoms with Crippen LogP contribution in [0.4, 0.5) is 0 Å². The normalized spacial score (nSPS) is 24.0. The van der Waals surface area contributed by atoms with Gasteiger partial charge in [0.25, 0.3) is 0 Å². The smallest absolute Gasteiger partial charge is 0.161 e. The Morgan fingerprint density at radius 3 is 2.65 bits per heavy atom. The molecular weight excluding hydrogens is 290 g/mol. The van der Waals surface area contributed by atoms with Crippen molar-refractivity contribution in [1.82, 2.24) is 4.90 Å². The Morgan fingerprint density at radius 2 is 1.96 bits per heavy atom. The molecule has 126 valence electrons. The van der Waals surface area contributed by atoms with E-state index < -0.39 is 0 Å². The Morgan fingerprint density at radius 1 is 1.22 bits per heavy atom. The SMILES string of the molecule is CCCCC1CN2CCc3cc(OC)c(OC)cc3C2CC1=O. The first-order valence-corrected chi connectivity index (χ1v) is 8.69. The Kier molecular flexibility index (Phi) is 4.90. The van der Waals surface area contributed by atoms with Gasteiger partial charge in [0.2, 0.25) is 0 Å². The maximum absolute atomic E-state index is 12.6. The van der Waals surface area contributed by atoms with E-state index in [4.69, 9.17) is 9.47 Å². The van der Waals surface area contributed by atoms with Crippen molar-refractivity contribution in [2.24, 2.45) is 5.92 Å². The first-order chi connectivity index (χ1) is 11.2. The molecule has 2 heterocycles. The first kappa shape index (κ1) is 16.3. The second kappa shape index (κ2) is 6.91. The lowest BCUT2D eigenvalue weighted by atomic mass is 9.81. The first-order valence-electron chi connectivity index (χ1n) is 8.69. The number of methoxy groups -OCH3 is 2. The number of hydrogen-bond donors (Lipinski definition) is 0. The van der Waals surface area contributed by atoms with Crippen molar-refractivity contribution in [2.45, 2.75) is 45.1 Å². The molecule has 0 radical (unpaired) electrons. The van der Waals surface area contributed by atoms with Gasteiger partial charge in [0, 0.05) is 31.5 Å². The van der Waals surface area contributed by atoms with Gasteiger partial charge in [-0.25, -0.2) is 0 Å². The standard InChI is InChI=1S/C19H27NO3/c1-4-5-6-14-12-20-8-7-13-9-18(22-2)19(23-3)10-15(13)16(20)11-17(14)21/h9-10,14,16H,4-8,11-12H2,1-3H3. The van der Waals surface area contributed by atoms with Crippen LogP contribution in [-0.4, -0.2) is 38.0 Å². The number of unbranched alkanes of at least 4 members (excludes halogenated alkanes) is 1. The van der Waals surface area contributed by atoms with Gasteiger partial charge in [-0.15, -0.1) is 0 Å². The van der Waals surface area contributed by atoms with E-state index in [1.54, 1.807) is 14.2 Å². The van der Waals surface area contributed by atoms with Crippen molar-refractivity contribution in [3.63, 3.8) is 0 Å². The Hall–Kier alpha value is -1.55. The predicted molar refractivity (Wildman–Crippen MR) is 90.2 cm³/mol. The molecule has 2 unspecified atom stereocenters. The van der Waals surface area contributed by atoms with Crippen LogP contribution < -0.4 is 9.47 Å². The molecule has 1 aromatic rings. The topological polar surface area (TPSA) is 38.8 Å². The lowest BCUT2D eigenvalue weighted by Crippen LogP contribution is -2.46. The molecule has 4 heteroatoms. The summed E-state index contributed by atoms with van der Waals surface area (Å²) < 4.78 is 10.9. The highest BCUT2D eigenvalue weighted by molar-refractivity contribution is 5.83. The summed E-state index contributed by atoms with van der Waals surface area (Å²) in [6.07, 6.45) is 5.00. The lowest BCUT2D eigenvalue weighted by Gasteiger charge is -2.43. The molecule has 2 atom stereocenters. The minimum absolute atomic E-state index is 0.212. The van der Waals surface area contributed by atoms with Crippen LogP contribution in [0.1, 0.15) is 49.8 Å². The third-order valence-corrected chi connectivity index (χ3v) is 5.32. The fraction of sp³-hybridized carbons (Fsp3) is 0.632. The summed E-state index contributed by atoms with van der Waals surface area (Å²) in [5.74, 6) is 2.20. The summed E-state index contributed by atoms with van der Waals surface area (Å²) in [6.45, 7) is 4.13. The van der Waals surface area contributed by atoms with Gasteiger partial charge in [-0.1, -0.05) is 19.8 Å². The predicted octanol–water partition coefficient (Wildman–Crippen LogP) is 3.38. The van der Waals surface area contributed by atoms with Gasteiger partial charge < -0.3 is 9.47 Å². The maximum atomic E-state index is 12.6. The number of ether oxygens (including phenoxy) is 2. The molecule has 2 aliphatic rings. The lowest BCUT2D eigenvalue weighted by molar-refractivity contribution is -0.129. The average molecular weight is 317 g/mol. The van der Waals surface area contributed by atoms with Gasteiger partial charge in [0.15, 0.2) is 11.5 Å². The van der Waals surface area contributed by atoms with Gasteiger partial charge in [-0.3, -0.25) is 9.69 Å². The number of nitrogens with zero attached hydrogens (tertiary/aromatic N) is 1. The van der Waals surface area contributed by atoms with Crippen LogP contribution in [0.15, 0.2) is 12.1 Å². The maximum Gasteiger partial charge on any atom is 0.161 e. The van der Waals surface area contributed by atoms with Crippen LogP contribution in [-0.2, 0) is 11.2 Å². The molecule has 0 saturated carbocycles. The summed E-state index contributed by atoms with van der Waals surface area (Å²) in [4.78, 5) is 15.1. The molecule has 4 nitrogen and oxygen atoms in total. The van der Waals surface area contributed by atoms with Crippen LogP contribution in [0.2, 0.25) is 0 Å². The third kappa shape index (κ3) is 3.09. The molecule has 0 bridgehead atoms. The van der Waals surface area contributed by atoms with Crippen molar-refractivity contribution in [2.75, 3.05) is 27.3 Å². The van der Waals surface area contributed by atoms with E-state index in [1.165, 1.54) is 11.1 Å². The summed E-state index contributed by atoms with van der Waals surface area (Å²) in [5.41, 5.74) is 2.54. The Balaban J connectivity index is 1.86. The van der Waals surface area contributed by atoms with Gasteiger partial charge in [0.1, 0.15) is 5.78 Å². The molecular formula is C19H27NO3. The van der Waals surface area contributed by atoms with Crippen molar-refractivity contribution < 1.29 is 14.3 Å². The highest BCUT2D eigenvalue weighted by atomic mass is 16.5. The van der Waals surface area contributed by atoms with Crippen LogP contribution in [0, 0.1) is 5.92 Å². The van der Waals surface area contributed by atoms with Crippen molar-refractivity contribution in [3.05, 3.63) is 23.3 Å². The quantitative estimate of drug-likeness (QED) is 0.834. The number of carbonyl (C=O) groups is 1. The summed E-state index contributed by atoms with van der Waals surface area (Å²) >= 11 is 0. The fourth-order valence-corrected chi connectivity index (χ4v) is 3.98. The van der Waals surface area contributed by atoms with Gasteiger partial charge >= 0.3 is 0 Å². The second-order valence-corrected chi connectivity index (χ2v) is 6.68. The zero-order chi connectivity index (χ0) is 16.4. The number of benzene rings is 1. The largest absolute Gasteiger partial charge is 0.493 e. The zero-order valence-corrected chi connectivity index (χ0v) is 14.4. The minimum atomic E-state index is 0.212. The number of fused-ring (bicyclic) bond motifs is 3. The van der Waals surface area contributed by atoms with E-state index in [9.17, 15) is 4.79 Å².